The number of rotatable bonds is 3. The van der Waals surface area contributed by atoms with Gasteiger partial charge in [0.1, 0.15) is 0 Å². The lowest BCUT2D eigenvalue weighted by atomic mass is 10.1. The first kappa shape index (κ1) is 12.3. The summed E-state index contributed by atoms with van der Waals surface area (Å²) in [5.74, 6) is -0.0631. The fourth-order valence-corrected chi connectivity index (χ4v) is 2.58. The molecule has 1 amide bonds. The SMILES string of the molecule is CC(Br)c1ccccc1NC(=O)c1ccsc1. The third kappa shape index (κ3) is 2.96. The van der Waals surface area contributed by atoms with Crippen LogP contribution >= 0.6 is 27.3 Å². The Morgan fingerprint density at radius 1 is 1.35 bits per heavy atom. The third-order valence-electron chi connectivity index (χ3n) is 2.42. The Morgan fingerprint density at radius 2 is 2.12 bits per heavy atom. The van der Waals surface area contributed by atoms with Crippen LogP contribution in [-0.2, 0) is 0 Å². The lowest BCUT2D eigenvalue weighted by molar-refractivity contribution is 0.102. The zero-order valence-electron chi connectivity index (χ0n) is 9.31. The lowest BCUT2D eigenvalue weighted by Crippen LogP contribution is -2.12. The summed E-state index contributed by atoms with van der Waals surface area (Å²) in [5.41, 5.74) is 2.64. The van der Waals surface area contributed by atoms with Gasteiger partial charge in [0.15, 0.2) is 0 Å². The number of para-hydroxylation sites is 1. The Labute approximate surface area is 113 Å². The van der Waals surface area contributed by atoms with Gasteiger partial charge in [-0.05, 0) is 30.0 Å². The number of halogens is 1. The van der Waals surface area contributed by atoms with Crippen LogP contribution in [0.1, 0.15) is 27.7 Å². The van der Waals surface area contributed by atoms with Gasteiger partial charge < -0.3 is 5.32 Å². The number of carbonyl (C=O) groups is 1. The average molecular weight is 310 g/mol. The molecule has 0 radical (unpaired) electrons. The van der Waals surface area contributed by atoms with Gasteiger partial charge in [0.05, 0.1) is 5.56 Å². The zero-order valence-corrected chi connectivity index (χ0v) is 11.7. The molecule has 0 aliphatic heterocycles. The summed E-state index contributed by atoms with van der Waals surface area (Å²) >= 11 is 5.04. The minimum Gasteiger partial charge on any atom is -0.322 e. The number of amides is 1. The van der Waals surface area contributed by atoms with Crippen molar-refractivity contribution in [1.29, 1.82) is 0 Å². The van der Waals surface area contributed by atoms with Crippen LogP contribution < -0.4 is 5.32 Å². The van der Waals surface area contributed by atoms with Crippen molar-refractivity contribution in [3.05, 3.63) is 52.2 Å². The molecule has 4 heteroatoms. The fourth-order valence-electron chi connectivity index (χ4n) is 1.55. The predicted octanol–water partition coefficient (Wildman–Crippen LogP) is 4.46. The van der Waals surface area contributed by atoms with E-state index in [1.165, 1.54) is 11.3 Å². The number of carbonyl (C=O) groups excluding carboxylic acids is 1. The van der Waals surface area contributed by atoms with Gasteiger partial charge in [-0.15, -0.1) is 0 Å². The van der Waals surface area contributed by atoms with E-state index in [0.29, 0.717) is 5.56 Å². The standard InChI is InChI=1S/C13H12BrNOS/c1-9(14)11-4-2-3-5-12(11)15-13(16)10-6-7-17-8-10/h2-9H,1H3,(H,15,16). The highest BCUT2D eigenvalue weighted by Crippen LogP contribution is 2.28. The summed E-state index contributed by atoms with van der Waals surface area (Å²) in [5, 5.41) is 6.67. The monoisotopic (exact) mass is 309 g/mol. The molecule has 0 saturated carbocycles. The molecule has 2 aromatic rings. The van der Waals surface area contributed by atoms with Crippen LogP contribution in [0.4, 0.5) is 5.69 Å². The van der Waals surface area contributed by atoms with Crippen molar-refractivity contribution in [2.45, 2.75) is 11.8 Å². The molecule has 2 rings (SSSR count). The van der Waals surface area contributed by atoms with Crippen molar-refractivity contribution in [3.63, 3.8) is 0 Å². The molecule has 2 nitrogen and oxygen atoms in total. The third-order valence-corrected chi connectivity index (χ3v) is 3.60. The van der Waals surface area contributed by atoms with Crippen molar-refractivity contribution < 1.29 is 4.79 Å². The number of hydrogen-bond acceptors (Lipinski definition) is 2. The molecule has 0 aliphatic carbocycles. The van der Waals surface area contributed by atoms with Crippen molar-refractivity contribution in [2.24, 2.45) is 0 Å². The topological polar surface area (TPSA) is 29.1 Å². The van der Waals surface area contributed by atoms with Gasteiger partial charge in [0, 0.05) is 15.9 Å². The Balaban J connectivity index is 2.22. The van der Waals surface area contributed by atoms with Crippen LogP contribution in [0.25, 0.3) is 0 Å². The van der Waals surface area contributed by atoms with E-state index >= 15 is 0 Å². The van der Waals surface area contributed by atoms with Crippen molar-refractivity contribution in [1.82, 2.24) is 0 Å². The number of thiophene rings is 1. The molecule has 88 valence electrons. The maximum absolute atomic E-state index is 11.9. The minimum atomic E-state index is -0.0631. The first-order valence-corrected chi connectivity index (χ1v) is 7.11. The van der Waals surface area contributed by atoms with E-state index < -0.39 is 0 Å². The molecule has 0 spiro atoms. The summed E-state index contributed by atoms with van der Waals surface area (Å²) in [6.07, 6.45) is 0. The maximum Gasteiger partial charge on any atom is 0.256 e. The van der Waals surface area contributed by atoms with Crippen LogP contribution in [-0.4, -0.2) is 5.91 Å². The van der Waals surface area contributed by atoms with Gasteiger partial charge in [0.2, 0.25) is 0 Å². The number of nitrogens with one attached hydrogen (secondary N) is 1. The summed E-state index contributed by atoms with van der Waals surface area (Å²) in [4.78, 5) is 12.1. The molecule has 1 heterocycles. The van der Waals surface area contributed by atoms with Crippen LogP contribution in [0.5, 0.6) is 0 Å². The van der Waals surface area contributed by atoms with Crippen molar-refractivity contribution in [3.8, 4) is 0 Å². The molecule has 1 N–H and O–H groups in total. The normalized spacial score (nSPS) is 12.1. The molecule has 1 aromatic carbocycles. The Hall–Kier alpha value is -1.13. The maximum atomic E-state index is 11.9. The molecule has 1 aromatic heterocycles. The number of benzene rings is 1. The fraction of sp³-hybridized carbons (Fsp3) is 0.154. The zero-order chi connectivity index (χ0) is 12.3. The van der Waals surface area contributed by atoms with E-state index in [9.17, 15) is 4.79 Å². The molecular formula is C13H12BrNOS. The lowest BCUT2D eigenvalue weighted by Gasteiger charge is -2.12. The minimum absolute atomic E-state index is 0.0631. The van der Waals surface area contributed by atoms with Gasteiger partial charge in [0.25, 0.3) is 5.91 Å². The Bertz CT molecular complexity index is 508. The summed E-state index contributed by atoms with van der Waals surface area (Å²) in [6.45, 7) is 2.04. The second-order valence-electron chi connectivity index (χ2n) is 3.67. The van der Waals surface area contributed by atoms with E-state index in [1.807, 2.05) is 48.0 Å². The molecule has 0 aliphatic rings. The van der Waals surface area contributed by atoms with E-state index in [-0.39, 0.29) is 10.7 Å². The quantitative estimate of drug-likeness (QED) is 0.833. The Morgan fingerprint density at radius 3 is 2.76 bits per heavy atom. The summed E-state index contributed by atoms with van der Waals surface area (Å²) in [7, 11) is 0. The molecule has 0 saturated heterocycles. The predicted molar refractivity (Wildman–Crippen MR) is 76.1 cm³/mol. The van der Waals surface area contributed by atoms with Crippen LogP contribution in [0.2, 0.25) is 0 Å². The van der Waals surface area contributed by atoms with Crippen LogP contribution in [0, 0.1) is 0 Å². The first-order chi connectivity index (χ1) is 8.18. The van der Waals surface area contributed by atoms with Crippen LogP contribution in [0.3, 0.4) is 0 Å². The molecular weight excluding hydrogens is 298 g/mol. The molecule has 0 bridgehead atoms. The highest BCUT2D eigenvalue weighted by Gasteiger charge is 2.11. The summed E-state index contributed by atoms with van der Waals surface area (Å²) < 4.78 is 0. The second kappa shape index (κ2) is 5.47. The van der Waals surface area contributed by atoms with E-state index in [4.69, 9.17) is 0 Å². The second-order valence-corrected chi connectivity index (χ2v) is 5.82. The number of anilines is 1. The number of alkyl halides is 1. The average Bonchev–Trinajstić information content (AvgIpc) is 2.83. The highest BCUT2D eigenvalue weighted by atomic mass is 79.9. The van der Waals surface area contributed by atoms with Crippen molar-refractivity contribution >= 4 is 38.9 Å². The van der Waals surface area contributed by atoms with E-state index in [2.05, 4.69) is 21.2 Å². The number of hydrogen-bond donors (Lipinski definition) is 1. The largest absolute Gasteiger partial charge is 0.322 e. The Kier molecular flexibility index (Phi) is 3.97. The first-order valence-electron chi connectivity index (χ1n) is 5.25. The molecule has 0 fully saturated rings. The van der Waals surface area contributed by atoms with E-state index in [0.717, 1.165) is 11.3 Å². The van der Waals surface area contributed by atoms with Gasteiger partial charge in [-0.2, -0.15) is 11.3 Å². The van der Waals surface area contributed by atoms with Crippen molar-refractivity contribution in [2.75, 3.05) is 5.32 Å². The van der Waals surface area contributed by atoms with Crippen LogP contribution in [0.15, 0.2) is 41.1 Å². The molecule has 1 unspecified atom stereocenters. The van der Waals surface area contributed by atoms with Gasteiger partial charge >= 0.3 is 0 Å². The van der Waals surface area contributed by atoms with Gasteiger partial charge in [-0.1, -0.05) is 34.1 Å². The molecule has 1 atom stereocenters. The van der Waals surface area contributed by atoms with E-state index in [1.54, 1.807) is 0 Å². The van der Waals surface area contributed by atoms with Gasteiger partial charge in [-0.25, -0.2) is 0 Å². The summed E-state index contributed by atoms with van der Waals surface area (Å²) in [6, 6.07) is 9.62. The highest BCUT2D eigenvalue weighted by molar-refractivity contribution is 9.09. The molecule has 17 heavy (non-hydrogen) atoms. The van der Waals surface area contributed by atoms with Gasteiger partial charge in [-0.3, -0.25) is 4.79 Å². The smallest absolute Gasteiger partial charge is 0.256 e.